The van der Waals surface area contributed by atoms with E-state index in [2.05, 4.69) is 4.98 Å². The lowest BCUT2D eigenvalue weighted by atomic mass is 9.97. The van der Waals surface area contributed by atoms with Crippen LogP contribution >= 0.6 is 11.8 Å². The van der Waals surface area contributed by atoms with Crippen molar-refractivity contribution >= 4 is 17.6 Å². The average molecular weight is 625 g/mol. The maximum atomic E-state index is 12.1. The number of nitrogens with zero attached hydrogens (tertiary/aromatic N) is 2. The molecule has 14 N–H and O–H groups in total. The number of aromatic nitrogens is 2. The molecule has 3 aliphatic heterocycles. The first-order valence-corrected chi connectivity index (χ1v) is 14.5. The molecule has 0 aliphatic carbocycles. The molecule has 0 spiro atoms. The van der Waals surface area contributed by atoms with Crippen molar-refractivity contribution in [2.24, 2.45) is 17.2 Å². The number of nitrogens with two attached hydrogens (primary N) is 4. The molecule has 0 unspecified atom stereocenters. The van der Waals surface area contributed by atoms with Crippen LogP contribution in [0.4, 0.5) is 5.82 Å². The molecule has 0 saturated carbocycles. The Morgan fingerprint density at radius 2 is 1.45 bits per heavy atom. The molecule has 0 radical (unpaired) electrons. The molecular formula is C23H40N6O12S. The lowest BCUT2D eigenvalue weighted by molar-refractivity contribution is -0.296. The van der Waals surface area contributed by atoms with Gasteiger partial charge in [-0.1, -0.05) is 0 Å². The molecule has 4 rings (SSSR count). The van der Waals surface area contributed by atoms with E-state index in [0.29, 0.717) is 5.75 Å². The highest BCUT2D eigenvalue weighted by Crippen LogP contribution is 2.30. The second-order valence-corrected chi connectivity index (χ2v) is 11.5. The fourth-order valence-electron chi connectivity index (χ4n) is 4.87. The first kappa shape index (κ1) is 33.4. The molecule has 14 atom stereocenters. The molecule has 3 fully saturated rings. The molecule has 0 amide bonds. The van der Waals surface area contributed by atoms with Crippen LogP contribution in [0.15, 0.2) is 17.1 Å². The highest BCUT2D eigenvalue weighted by atomic mass is 32.2. The minimum Gasteiger partial charge on any atom is -0.388 e. The van der Waals surface area contributed by atoms with Gasteiger partial charge in [0, 0.05) is 24.2 Å². The SMILES string of the molecule is NC[C@H]1O[C@@H](OC[C@H]2O[C@@H](OCCSC[C@H]3O[C@@H](n4ccc(N)nc4=O)[C@H](O)[C@@H]3O)[C@H](N)[C@@H](O)[C@@H]2O)[C@H](N)[C@@H](O)[C@@H]1O. The van der Waals surface area contributed by atoms with Gasteiger partial charge in [0.25, 0.3) is 0 Å². The Kier molecular flexibility index (Phi) is 11.5. The Morgan fingerprint density at radius 1 is 0.857 bits per heavy atom. The Labute approximate surface area is 244 Å². The van der Waals surface area contributed by atoms with Gasteiger partial charge in [-0.3, -0.25) is 4.57 Å². The van der Waals surface area contributed by atoms with E-state index in [0.717, 1.165) is 4.57 Å². The minimum atomic E-state index is -1.43. The van der Waals surface area contributed by atoms with Crippen LogP contribution in [0.25, 0.3) is 0 Å². The summed E-state index contributed by atoms with van der Waals surface area (Å²) in [6.45, 7) is -0.318. The molecule has 0 bridgehead atoms. The van der Waals surface area contributed by atoms with Gasteiger partial charge in [-0.2, -0.15) is 16.7 Å². The topological polar surface area (TPSA) is 306 Å². The van der Waals surface area contributed by atoms with Crippen molar-refractivity contribution in [1.29, 1.82) is 0 Å². The molecule has 1 aromatic rings. The van der Waals surface area contributed by atoms with Crippen molar-refractivity contribution in [3.8, 4) is 0 Å². The van der Waals surface area contributed by atoms with Crippen molar-refractivity contribution in [2.45, 2.75) is 85.8 Å². The number of hydrogen-bond acceptors (Lipinski definition) is 18. The van der Waals surface area contributed by atoms with Gasteiger partial charge < -0.3 is 77.3 Å². The van der Waals surface area contributed by atoms with Crippen molar-refractivity contribution in [3.63, 3.8) is 0 Å². The van der Waals surface area contributed by atoms with Gasteiger partial charge in [-0.05, 0) is 6.07 Å². The summed E-state index contributed by atoms with van der Waals surface area (Å²) in [5.41, 5.74) is 22.2. The first-order chi connectivity index (χ1) is 19.9. The predicted molar refractivity (Wildman–Crippen MR) is 144 cm³/mol. The molecule has 4 heterocycles. The molecule has 42 heavy (non-hydrogen) atoms. The number of aliphatic hydroxyl groups excluding tert-OH is 6. The van der Waals surface area contributed by atoms with Crippen LogP contribution in [0.3, 0.4) is 0 Å². The van der Waals surface area contributed by atoms with E-state index in [-0.39, 0.29) is 31.3 Å². The van der Waals surface area contributed by atoms with Crippen LogP contribution in [-0.2, 0) is 23.7 Å². The van der Waals surface area contributed by atoms with Crippen molar-refractivity contribution in [3.05, 3.63) is 22.7 Å². The summed E-state index contributed by atoms with van der Waals surface area (Å²) in [5.74, 6) is 0.633. The van der Waals surface area contributed by atoms with Crippen LogP contribution in [-0.4, -0.2) is 151 Å². The number of nitrogen functional groups attached to an aromatic ring is 1. The third-order valence-corrected chi connectivity index (χ3v) is 8.43. The third-order valence-electron chi connectivity index (χ3n) is 7.41. The van der Waals surface area contributed by atoms with Crippen LogP contribution in [0, 0.1) is 0 Å². The lowest BCUT2D eigenvalue weighted by Crippen LogP contribution is -2.65. The summed E-state index contributed by atoms with van der Waals surface area (Å²) in [6.07, 6.45) is -13.0. The van der Waals surface area contributed by atoms with Crippen LogP contribution in [0.1, 0.15) is 6.23 Å². The first-order valence-electron chi connectivity index (χ1n) is 13.4. The number of thioether (sulfide) groups is 1. The van der Waals surface area contributed by atoms with E-state index in [1.165, 1.54) is 24.0 Å². The van der Waals surface area contributed by atoms with Crippen LogP contribution < -0.4 is 28.6 Å². The maximum Gasteiger partial charge on any atom is 0.351 e. The minimum absolute atomic E-state index is 0.0163. The second kappa shape index (κ2) is 14.5. The molecule has 0 aromatic carbocycles. The molecule has 3 aliphatic rings. The van der Waals surface area contributed by atoms with Gasteiger partial charge in [0.15, 0.2) is 18.8 Å². The molecule has 240 valence electrons. The quantitative estimate of drug-likeness (QED) is 0.102. The predicted octanol–water partition coefficient (Wildman–Crippen LogP) is -6.28. The summed E-state index contributed by atoms with van der Waals surface area (Å²) in [4.78, 5) is 15.7. The van der Waals surface area contributed by atoms with Gasteiger partial charge in [0.05, 0.1) is 31.4 Å². The van der Waals surface area contributed by atoms with Crippen molar-refractivity contribution in [1.82, 2.24) is 9.55 Å². The Hall–Kier alpha value is -1.53. The second-order valence-electron chi connectivity index (χ2n) is 10.3. The zero-order chi connectivity index (χ0) is 30.7. The molecular weight excluding hydrogens is 584 g/mol. The summed E-state index contributed by atoms with van der Waals surface area (Å²) in [5, 5.41) is 61.8. The fraction of sp³-hybridized carbons (Fsp3) is 0.826. The summed E-state index contributed by atoms with van der Waals surface area (Å²) in [6, 6.07) is -0.821. The number of rotatable bonds is 11. The Morgan fingerprint density at radius 3 is 2.10 bits per heavy atom. The average Bonchev–Trinajstić information content (AvgIpc) is 3.24. The monoisotopic (exact) mass is 624 g/mol. The summed E-state index contributed by atoms with van der Waals surface area (Å²) >= 11 is 1.32. The van der Waals surface area contributed by atoms with E-state index in [4.69, 9.17) is 46.6 Å². The van der Waals surface area contributed by atoms with Crippen molar-refractivity contribution < 1.29 is 54.3 Å². The van der Waals surface area contributed by atoms with E-state index in [1.807, 2.05) is 0 Å². The zero-order valence-corrected chi connectivity index (χ0v) is 23.3. The van der Waals surface area contributed by atoms with Gasteiger partial charge in [0.2, 0.25) is 0 Å². The van der Waals surface area contributed by atoms with E-state index in [9.17, 15) is 35.4 Å². The maximum absolute atomic E-state index is 12.1. The normalized spacial score (nSPS) is 42.6. The zero-order valence-electron chi connectivity index (χ0n) is 22.5. The molecule has 18 nitrogen and oxygen atoms in total. The van der Waals surface area contributed by atoms with Crippen molar-refractivity contribution in [2.75, 3.05) is 37.0 Å². The number of anilines is 1. The van der Waals surface area contributed by atoms with Gasteiger partial charge >= 0.3 is 5.69 Å². The number of aliphatic hydroxyl groups is 6. The Balaban J connectivity index is 1.23. The highest BCUT2D eigenvalue weighted by Gasteiger charge is 2.47. The Bertz CT molecular complexity index is 1080. The molecule has 19 heteroatoms. The van der Waals surface area contributed by atoms with E-state index in [1.54, 1.807) is 0 Å². The van der Waals surface area contributed by atoms with E-state index < -0.39 is 91.5 Å². The third kappa shape index (κ3) is 7.22. The number of ether oxygens (including phenoxy) is 5. The lowest BCUT2D eigenvalue weighted by Gasteiger charge is -2.43. The highest BCUT2D eigenvalue weighted by molar-refractivity contribution is 7.99. The summed E-state index contributed by atoms with van der Waals surface area (Å²) in [7, 11) is 0. The van der Waals surface area contributed by atoms with Gasteiger partial charge in [-0.15, -0.1) is 0 Å². The molecule has 1 aromatic heterocycles. The van der Waals surface area contributed by atoms with E-state index >= 15 is 0 Å². The van der Waals surface area contributed by atoms with Gasteiger partial charge in [-0.25, -0.2) is 4.79 Å². The fourth-order valence-corrected chi connectivity index (χ4v) is 5.76. The summed E-state index contributed by atoms with van der Waals surface area (Å²) < 4.78 is 29.3. The van der Waals surface area contributed by atoms with Gasteiger partial charge in [0.1, 0.15) is 54.6 Å². The van der Waals surface area contributed by atoms with Crippen LogP contribution in [0.2, 0.25) is 0 Å². The molecule has 3 saturated heterocycles. The van der Waals surface area contributed by atoms with Crippen LogP contribution in [0.5, 0.6) is 0 Å². The number of hydrogen-bond donors (Lipinski definition) is 10. The largest absolute Gasteiger partial charge is 0.388 e. The smallest absolute Gasteiger partial charge is 0.351 e. The standard InChI is InChI=1S/C23H40N6O12S/c24-5-8-14(30)17(33)13(27)22(40-8)38-6-9-15(31)18(34)12(26)21(41-9)37-3-4-42-7-10-16(32)19(35)20(39-10)29-2-1-11(25)28-23(29)36/h1-2,8-10,12-22,30-35H,3-7,24,26-27H2,(H2,25,28,36)/t8-,9-,10-,12-,13-,14-,15-,16-,17-,18-,19-,20-,21-,22-/m1/s1.